The van der Waals surface area contributed by atoms with Crippen molar-refractivity contribution in [3.05, 3.63) is 18.2 Å². The monoisotopic (exact) mass is 343 g/mol. The topological polar surface area (TPSA) is 111 Å². The Morgan fingerprint density at radius 2 is 2.09 bits per heavy atom. The molecule has 1 saturated heterocycles. The molecular formula is C14H21N3O5S. The number of nitrogens with zero attached hydrogens (tertiary/aromatic N) is 1. The maximum Gasteiger partial charge on any atom is 0.246 e. The first-order chi connectivity index (χ1) is 10.9. The molecule has 1 aromatic rings. The lowest BCUT2D eigenvalue weighted by Gasteiger charge is -2.31. The van der Waals surface area contributed by atoms with E-state index in [0.29, 0.717) is 25.1 Å². The van der Waals surface area contributed by atoms with Gasteiger partial charge in [-0.1, -0.05) is 0 Å². The van der Waals surface area contributed by atoms with Crippen molar-refractivity contribution in [1.82, 2.24) is 9.73 Å². The van der Waals surface area contributed by atoms with Gasteiger partial charge in [0.25, 0.3) is 0 Å². The fourth-order valence-corrected chi connectivity index (χ4v) is 4.31. The zero-order valence-corrected chi connectivity index (χ0v) is 13.9. The van der Waals surface area contributed by atoms with Crippen LogP contribution in [0.5, 0.6) is 11.5 Å². The molecule has 9 heteroatoms. The first-order valence-corrected chi connectivity index (χ1v) is 8.60. The van der Waals surface area contributed by atoms with Gasteiger partial charge in [0, 0.05) is 19.2 Å². The Morgan fingerprint density at radius 3 is 2.70 bits per heavy atom. The Morgan fingerprint density at radius 1 is 1.35 bits per heavy atom. The highest BCUT2D eigenvalue weighted by molar-refractivity contribution is 7.89. The number of amides is 1. The van der Waals surface area contributed by atoms with Gasteiger partial charge in [0.1, 0.15) is 16.4 Å². The largest absolute Gasteiger partial charge is 0.497 e. The second-order valence-corrected chi connectivity index (χ2v) is 7.13. The maximum absolute atomic E-state index is 12.9. The van der Waals surface area contributed by atoms with Crippen molar-refractivity contribution in [1.29, 1.82) is 0 Å². The van der Waals surface area contributed by atoms with Crippen LogP contribution in [0, 0.1) is 5.92 Å². The summed E-state index contributed by atoms with van der Waals surface area (Å²) in [4.78, 5) is 11.7. The fraction of sp³-hybridized carbons (Fsp3) is 0.500. The Bertz CT molecular complexity index is 677. The number of carbonyl (C=O) groups is 1. The van der Waals surface area contributed by atoms with Crippen molar-refractivity contribution in [2.75, 3.05) is 27.3 Å². The summed E-state index contributed by atoms with van der Waals surface area (Å²) in [6.07, 6.45) is 1.19. The fourth-order valence-electron chi connectivity index (χ4n) is 2.62. The van der Waals surface area contributed by atoms with Crippen molar-refractivity contribution in [2.45, 2.75) is 17.7 Å². The van der Waals surface area contributed by atoms with Gasteiger partial charge >= 0.3 is 0 Å². The Kier molecular flexibility index (Phi) is 5.45. The number of ether oxygens (including phenoxy) is 2. The van der Waals surface area contributed by atoms with E-state index >= 15 is 0 Å². The number of rotatable bonds is 5. The molecule has 0 unspecified atom stereocenters. The van der Waals surface area contributed by atoms with E-state index in [4.69, 9.17) is 15.3 Å². The highest BCUT2D eigenvalue weighted by Crippen LogP contribution is 2.32. The third-order valence-electron chi connectivity index (χ3n) is 3.89. The first kappa shape index (κ1) is 17.5. The van der Waals surface area contributed by atoms with Gasteiger partial charge in [-0.25, -0.2) is 14.3 Å². The summed E-state index contributed by atoms with van der Waals surface area (Å²) >= 11 is 0. The second kappa shape index (κ2) is 7.16. The molecule has 1 aliphatic heterocycles. The van der Waals surface area contributed by atoms with Crippen LogP contribution in [0.15, 0.2) is 23.1 Å². The highest BCUT2D eigenvalue weighted by atomic mass is 32.2. The number of hydrogen-bond acceptors (Lipinski definition) is 6. The summed E-state index contributed by atoms with van der Waals surface area (Å²) in [7, 11) is -0.941. The number of methoxy groups -OCH3 is 2. The molecule has 1 fully saturated rings. The normalized spacial score (nSPS) is 19.2. The van der Waals surface area contributed by atoms with Crippen LogP contribution in [-0.4, -0.2) is 45.9 Å². The molecule has 1 aliphatic rings. The molecular weight excluding hydrogens is 322 g/mol. The van der Waals surface area contributed by atoms with Gasteiger partial charge in [-0.3, -0.25) is 10.2 Å². The average molecular weight is 343 g/mol. The summed E-state index contributed by atoms with van der Waals surface area (Å²) in [5.41, 5.74) is 2.08. The van der Waals surface area contributed by atoms with Gasteiger partial charge in [-0.2, -0.15) is 4.31 Å². The minimum atomic E-state index is -3.80. The van der Waals surface area contributed by atoms with Gasteiger partial charge in [0.05, 0.1) is 20.1 Å². The van der Waals surface area contributed by atoms with E-state index in [9.17, 15) is 13.2 Å². The molecule has 0 aliphatic carbocycles. The minimum absolute atomic E-state index is 0.0214. The zero-order chi connectivity index (χ0) is 17.0. The second-order valence-electron chi connectivity index (χ2n) is 5.23. The van der Waals surface area contributed by atoms with Gasteiger partial charge in [0.15, 0.2) is 0 Å². The van der Waals surface area contributed by atoms with Crippen LogP contribution in [0.4, 0.5) is 0 Å². The molecule has 0 radical (unpaired) electrons. The van der Waals surface area contributed by atoms with Gasteiger partial charge < -0.3 is 9.47 Å². The molecule has 0 spiro atoms. The molecule has 1 aromatic carbocycles. The number of carbonyl (C=O) groups excluding carboxylic acids is 1. The summed E-state index contributed by atoms with van der Waals surface area (Å²) < 4.78 is 37.4. The van der Waals surface area contributed by atoms with Crippen LogP contribution in [-0.2, 0) is 14.8 Å². The molecule has 0 saturated carbocycles. The van der Waals surface area contributed by atoms with Crippen LogP contribution >= 0.6 is 0 Å². The first-order valence-electron chi connectivity index (χ1n) is 7.16. The molecule has 2 rings (SSSR count). The molecule has 1 atom stereocenters. The van der Waals surface area contributed by atoms with Gasteiger partial charge in [-0.15, -0.1) is 0 Å². The Labute approximate surface area is 135 Å². The van der Waals surface area contributed by atoms with Gasteiger partial charge in [-0.05, 0) is 25.0 Å². The number of piperidine rings is 1. The van der Waals surface area contributed by atoms with Gasteiger partial charge in [0.2, 0.25) is 15.9 Å². The minimum Gasteiger partial charge on any atom is -0.497 e. The van der Waals surface area contributed by atoms with E-state index in [1.165, 1.54) is 24.6 Å². The number of sulfonamides is 1. The molecule has 0 aromatic heterocycles. The molecule has 23 heavy (non-hydrogen) atoms. The number of benzene rings is 1. The standard InChI is InChI=1S/C14H21N3O5S/c1-21-11-5-6-12(22-2)13(8-11)23(19,20)17-7-3-4-10(9-17)14(18)16-15/h5-6,8,10H,3-4,7,9,15H2,1-2H3,(H,16,18)/t10-/m1/s1. The summed E-state index contributed by atoms with van der Waals surface area (Å²) in [5.74, 6) is 4.98. The average Bonchev–Trinajstić information content (AvgIpc) is 2.60. The summed E-state index contributed by atoms with van der Waals surface area (Å²) in [6.45, 7) is 0.433. The summed E-state index contributed by atoms with van der Waals surface area (Å²) in [6, 6.07) is 4.58. The van der Waals surface area contributed by atoms with E-state index in [1.807, 2.05) is 0 Å². The zero-order valence-electron chi connectivity index (χ0n) is 13.1. The maximum atomic E-state index is 12.9. The van der Waals surface area contributed by atoms with Crippen LogP contribution in [0.1, 0.15) is 12.8 Å². The van der Waals surface area contributed by atoms with Crippen LogP contribution in [0.3, 0.4) is 0 Å². The number of nitrogens with two attached hydrogens (primary N) is 1. The smallest absolute Gasteiger partial charge is 0.246 e. The number of hydrogen-bond donors (Lipinski definition) is 2. The van der Waals surface area contributed by atoms with E-state index in [0.717, 1.165) is 0 Å². The summed E-state index contributed by atoms with van der Waals surface area (Å²) in [5, 5.41) is 0. The van der Waals surface area contributed by atoms with Crippen LogP contribution < -0.4 is 20.7 Å². The van der Waals surface area contributed by atoms with E-state index < -0.39 is 15.9 Å². The third kappa shape index (κ3) is 3.57. The molecule has 8 nitrogen and oxygen atoms in total. The molecule has 1 heterocycles. The molecule has 3 N–H and O–H groups in total. The molecule has 1 amide bonds. The van der Waals surface area contributed by atoms with Crippen LogP contribution in [0.2, 0.25) is 0 Å². The predicted octanol–water partition coefficient (Wildman–Crippen LogP) is 0.0944. The Hall–Kier alpha value is -1.84. The van der Waals surface area contributed by atoms with Crippen molar-refractivity contribution in [3.8, 4) is 11.5 Å². The van der Waals surface area contributed by atoms with E-state index in [-0.39, 0.29) is 23.1 Å². The molecule has 128 valence electrons. The number of nitrogens with one attached hydrogen (secondary N) is 1. The van der Waals surface area contributed by atoms with Crippen molar-refractivity contribution < 1.29 is 22.7 Å². The third-order valence-corrected chi connectivity index (χ3v) is 5.77. The molecule has 0 bridgehead atoms. The quantitative estimate of drug-likeness (QED) is 0.445. The van der Waals surface area contributed by atoms with Crippen LogP contribution in [0.25, 0.3) is 0 Å². The van der Waals surface area contributed by atoms with Crippen molar-refractivity contribution in [2.24, 2.45) is 11.8 Å². The number of hydrazine groups is 1. The SMILES string of the molecule is COc1ccc(OC)c(S(=O)(=O)N2CCC[C@@H](C(=O)NN)C2)c1. The van der Waals surface area contributed by atoms with E-state index in [2.05, 4.69) is 5.43 Å². The highest BCUT2D eigenvalue weighted by Gasteiger charge is 2.34. The Balaban J connectivity index is 2.36. The lowest BCUT2D eigenvalue weighted by atomic mass is 9.99. The van der Waals surface area contributed by atoms with E-state index in [1.54, 1.807) is 12.1 Å². The van der Waals surface area contributed by atoms with Crippen molar-refractivity contribution in [3.63, 3.8) is 0 Å². The van der Waals surface area contributed by atoms with Crippen molar-refractivity contribution >= 4 is 15.9 Å². The lowest BCUT2D eigenvalue weighted by Crippen LogP contribution is -2.46. The lowest BCUT2D eigenvalue weighted by molar-refractivity contribution is -0.126. The predicted molar refractivity (Wildman–Crippen MR) is 83.4 cm³/mol.